The molecular weight excluding hydrogens is 182 g/mol. The van der Waals surface area contributed by atoms with Crippen LogP contribution in [0.15, 0.2) is 6.33 Å². The Hall–Kier alpha value is -1.03. The van der Waals surface area contributed by atoms with Crippen LogP contribution in [0.5, 0.6) is 0 Å². The van der Waals surface area contributed by atoms with Crippen LogP contribution in [-0.4, -0.2) is 15.0 Å². The summed E-state index contributed by atoms with van der Waals surface area (Å²) in [6, 6.07) is 0. The van der Waals surface area contributed by atoms with Crippen LogP contribution in [0.4, 0.5) is 0 Å². The van der Waals surface area contributed by atoms with Crippen molar-refractivity contribution in [2.75, 3.05) is 0 Å². The van der Waals surface area contributed by atoms with Crippen molar-refractivity contribution >= 4 is 21.7 Å². The molecule has 0 unspecified atom stereocenters. The van der Waals surface area contributed by atoms with Crippen molar-refractivity contribution in [3.05, 3.63) is 17.0 Å². The SMILES string of the molecule is CC.Cc1nc2ncnc(C)c2s1. The lowest BCUT2D eigenvalue weighted by molar-refractivity contribution is 1.14. The van der Waals surface area contributed by atoms with Gasteiger partial charge in [0, 0.05) is 0 Å². The summed E-state index contributed by atoms with van der Waals surface area (Å²) >= 11 is 1.64. The standard InChI is InChI=1S/C7H7N3S.C2H6/c1-4-6-7(9-3-8-4)10-5(2)11-6;1-2/h3H,1-2H3;1-2H3. The summed E-state index contributed by atoms with van der Waals surface area (Å²) in [5.74, 6) is 0. The third kappa shape index (κ3) is 2.01. The second-order valence-electron chi connectivity index (χ2n) is 2.34. The van der Waals surface area contributed by atoms with Crippen LogP contribution >= 0.6 is 11.3 Å². The van der Waals surface area contributed by atoms with Gasteiger partial charge in [-0.15, -0.1) is 11.3 Å². The molecular formula is C9H13N3S. The van der Waals surface area contributed by atoms with Gasteiger partial charge in [-0.1, -0.05) is 13.8 Å². The highest BCUT2D eigenvalue weighted by atomic mass is 32.1. The largest absolute Gasteiger partial charge is 0.240 e. The molecule has 2 aromatic rings. The van der Waals surface area contributed by atoms with Gasteiger partial charge >= 0.3 is 0 Å². The molecule has 3 nitrogen and oxygen atoms in total. The fraction of sp³-hybridized carbons (Fsp3) is 0.444. The molecule has 2 rings (SSSR count). The van der Waals surface area contributed by atoms with E-state index in [4.69, 9.17) is 0 Å². The van der Waals surface area contributed by atoms with Gasteiger partial charge in [-0.2, -0.15) is 0 Å². The van der Waals surface area contributed by atoms with Gasteiger partial charge in [0.05, 0.1) is 15.4 Å². The lowest BCUT2D eigenvalue weighted by Gasteiger charge is -1.88. The minimum atomic E-state index is 0.819. The molecule has 0 aliphatic rings. The van der Waals surface area contributed by atoms with Crippen molar-refractivity contribution in [2.45, 2.75) is 27.7 Å². The zero-order chi connectivity index (χ0) is 9.84. The van der Waals surface area contributed by atoms with Crippen LogP contribution < -0.4 is 0 Å². The van der Waals surface area contributed by atoms with Crippen LogP contribution in [0.25, 0.3) is 10.3 Å². The predicted octanol–water partition coefficient (Wildman–Crippen LogP) is 2.73. The molecule has 4 heteroatoms. The number of hydrogen-bond acceptors (Lipinski definition) is 4. The molecule has 0 spiro atoms. The summed E-state index contributed by atoms with van der Waals surface area (Å²) in [7, 11) is 0. The van der Waals surface area contributed by atoms with Crippen molar-refractivity contribution in [1.82, 2.24) is 15.0 Å². The number of rotatable bonds is 0. The van der Waals surface area contributed by atoms with Gasteiger partial charge in [0.25, 0.3) is 0 Å². The molecule has 70 valence electrons. The summed E-state index contributed by atoms with van der Waals surface area (Å²) in [4.78, 5) is 12.4. The van der Waals surface area contributed by atoms with Gasteiger partial charge in [-0.25, -0.2) is 15.0 Å². The summed E-state index contributed by atoms with van der Waals surface area (Å²) in [5, 5.41) is 1.05. The van der Waals surface area contributed by atoms with Crippen LogP contribution in [0.1, 0.15) is 24.5 Å². The summed E-state index contributed by atoms with van der Waals surface area (Å²) < 4.78 is 1.10. The first-order chi connectivity index (χ1) is 6.27. The Labute approximate surface area is 81.9 Å². The molecule has 13 heavy (non-hydrogen) atoms. The van der Waals surface area contributed by atoms with Gasteiger partial charge in [0.1, 0.15) is 6.33 Å². The Kier molecular flexibility index (Phi) is 3.31. The highest BCUT2D eigenvalue weighted by Crippen LogP contribution is 2.20. The Morgan fingerprint density at radius 3 is 2.46 bits per heavy atom. The molecule has 0 atom stereocenters. The molecule has 2 heterocycles. The first kappa shape index (κ1) is 10.1. The summed E-state index contributed by atoms with van der Waals surface area (Å²) in [6.07, 6.45) is 1.55. The van der Waals surface area contributed by atoms with Gasteiger partial charge in [-0.3, -0.25) is 0 Å². The van der Waals surface area contributed by atoms with E-state index < -0.39 is 0 Å². The van der Waals surface area contributed by atoms with Crippen LogP contribution in [0.3, 0.4) is 0 Å². The van der Waals surface area contributed by atoms with E-state index in [1.807, 2.05) is 27.7 Å². The number of aromatic nitrogens is 3. The van der Waals surface area contributed by atoms with Gasteiger partial charge in [0.15, 0.2) is 5.65 Å². The molecule has 0 radical (unpaired) electrons. The van der Waals surface area contributed by atoms with Crippen LogP contribution in [-0.2, 0) is 0 Å². The Balaban J connectivity index is 0.000000396. The highest BCUT2D eigenvalue weighted by Gasteiger charge is 2.03. The molecule has 0 N–H and O–H groups in total. The van der Waals surface area contributed by atoms with E-state index >= 15 is 0 Å². The Morgan fingerprint density at radius 2 is 1.85 bits per heavy atom. The third-order valence-electron chi connectivity index (χ3n) is 1.48. The third-order valence-corrected chi connectivity index (χ3v) is 2.55. The molecule has 0 aliphatic carbocycles. The molecule has 2 aromatic heterocycles. The first-order valence-electron chi connectivity index (χ1n) is 4.32. The van der Waals surface area contributed by atoms with E-state index in [2.05, 4.69) is 15.0 Å². The Bertz CT molecular complexity index is 395. The number of thiazole rings is 1. The van der Waals surface area contributed by atoms with E-state index in [0.29, 0.717) is 0 Å². The number of aryl methyl sites for hydroxylation is 2. The molecule has 0 bridgehead atoms. The summed E-state index contributed by atoms with van der Waals surface area (Å²) in [5.41, 5.74) is 1.83. The van der Waals surface area contributed by atoms with E-state index in [9.17, 15) is 0 Å². The first-order valence-corrected chi connectivity index (χ1v) is 5.14. The van der Waals surface area contributed by atoms with Crippen LogP contribution in [0, 0.1) is 13.8 Å². The maximum atomic E-state index is 4.24. The Morgan fingerprint density at radius 1 is 1.15 bits per heavy atom. The fourth-order valence-electron chi connectivity index (χ4n) is 0.968. The zero-order valence-electron chi connectivity index (χ0n) is 8.33. The van der Waals surface area contributed by atoms with Crippen LogP contribution in [0.2, 0.25) is 0 Å². The average molecular weight is 195 g/mol. The van der Waals surface area contributed by atoms with Crippen molar-refractivity contribution < 1.29 is 0 Å². The zero-order valence-corrected chi connectivity index (χ0v) is 9.14. The molecule has 0 aliphatic heterocycles. The van der Waals surface area contributed by atoms with E-state index in [1.165, 1.54) is 0 Å². The smallest absolute Gasteiger partial charge is 0.173 e. The number of hydrogen-bond donors (Lipinski definition) is 0. The number of nitrogens with zero attached hydrogens (tertiary/aromatic N) is 3. The summed E-state index contributed by atoms with van der Waals surface area (Å²) in [6.45, 7) is 7.95. The number of fused-ring (bicyclic) bond motifs is 1. The molecule has 0 fully saturated rings. The quantitative estimate of drug-likeness (QED) is 0.648. The predicted molar refractivity (Wildman–Crippen MR) is 56.0 cm³/mol. The minimum absolute atomic E-state index is 0.819. The van der Waals surface area contributed by atoms with Crippen molar-refractivity contribution in [3.63, 3.8) is 0 Å². The molecule has 0 saturated carbocycles. The fourth-order valence-corrected chi connectivity index (χ4v) is 1.79. The van der Waals surface area contributed by atoms with Gasteiger partial charge in [-0.05, 0) is 13.8 Å². The monoisotopic (exact) mass is 195 g/mol. The van der Waals surface area contributed by atoms with Crippen molar-refractivity contribution in [1.29, 1.82) is 0 Å². The van der Waals surface area contributed by atoms with Crippen molar-refractivity contribution in [2.24, 2.45) is 0 Å². The topological polar surface area (TPSA) is 38.7 Å². The van der Waals surface area contributed by atoms with Gasteiger partial charge < -0.3 is 0 Å². The van der Waals surface area contributed by atoms with E-state index in [1.54, 1.807) is 17.7 Å². The van der Waals surface area contributed by atoms with Crippen molar-refractivity contribution in [3.8, 4) is 0 Å². The van der Waals surface area contributed by atoms with Gasteiger partial charge in [0.2, 0.25) is 0 Å². The maximum Gasteiger partial charge on any atom is 0.173 e. The minimum Gasteiger partial charge on any atom is -0.240 e. The van der Waals surface area contributed by atoms with E-state index in [-0.39, 0.29) is 0 Å². The second-order valence-corrected chi connectivity index (χ2v) is 3.55. The highest BCUT2D eigenvalue weighted by molar-refractivity contribution is 7.18. The average Bonchev–Trinajstić information content (AvgIpc) is 2.51. The normalized spacial score (nSPS) is 9.54. The lowest BCUT2D eigenvalue weighted by atomic mass is 10.4. The lowest BCUT2D eigenvalue weighted by Crippen LogP contribution is -1.82. The molecule has 0 aromatic carbocycles. The molecule has 0 amide bonds. The maximum absolute atomic E-state index is 4.24. The molecule has 0 saturated heterocycles. The second kappa shape index (κ2) is 4.28. The van der Waals surface area contributed by atoms with E-state index in [0.717, 1.165) is 21.0 Å².